The molecule has 1 fully saturated rings. The van der Waals surface area contributed by atoms with Crippen molar-refractivity contribution in [2.45, 2.75) is 17.1 Å². The standard InChI is InChI=1S/C15H23IN2O2/c1-13(16)18-9-7-17(8-10-18)11-14(19)12-20-15-5-3-2-4-6-15/h2-6,13-14,19H,7-12H2,1H3. The first kappa shape index (κ1) is 16.0. The van der Waals surface area contributed by atoms with E-state index in [-0.39, 0.29) is 0 Å². The maximum absolute atomic E-state index is 10.1. The molecule has 0 radical (unpaired) electrons. The normalized spacial score (nSPS) is 20.6. The van der Waals surface area contributed by atoms with Crippen molar-refractivity contribution in [2.24, 2.45) is 0 Å². The molecule has 2 rings (SSSR count). The maximum Gasteiger partial charge on any atom is 0.119 e. The average Bonchev–Trinajstić information content (AvgIpc) is 2.47. The zero-order chi connectivity index (χ0) is 14.4. The van der Waals surface area contributed by atoms with Crippen molar-refractivity contribution in [3.63, 3.8) is 0 Å². The fourth-order valence-electron chi connectivity index (χ4n) is 2.36. The van der Waals surface area contributed by atoms with Crippen molar-refractivity contribution < 1.29 is 9.84 Å². The molecule has 112 valence electrons. The van der Waals surface area contributed by atoms with Gasteiger partial charge in [0.2, 0.25) is 0 Å². The number of para-hydroxylation sites is 1. The number of aliphatic hydroxyl groups excluding tert-OH is 1. The monoisotopic (exact) mass is 390 g/mol. The lowest BCUT2D eigenvalue weighted by molar-refractivity contribution is 0.0460. The molecule has 5 heteroatoms. The number of rotatable bonds is 6. The van der Waals surface area contributed by atoms with Crippen molar-refractivity contribution in [3.05, 3.63) is 30.3 Å². The topological polar surface area (TPSA) is 35.9 Å². The predicted molar refractivity (Wildman–Crippen MR) is 89.4 cm³/mol. The molecule has 0 bridgehead atoms. The van der Waals surface area contributed by atoms with E-state index in [9.17, 15) is 5.11 Å². The van der Waals surface area contributed by atoms with E-state index in [0.29, 0.717) is 17.2 Å². The van der Waals surface area contributed by atoms with E-state index in [0.717, 1.165) is 31.9 Å². The number of nitrogens with zero attached hydrogens (tertiary/aromatic N) is 2. The van der Waals surface area contributed by atoms with Crippen molar-refractivity contribution in [2.75, 3.05) is 39.3 Å². The summed E-state index contributed by atoms with van der Waals surface area (Å²) in [6.45, 7) is 7.47. The van der Waals surface area contributed by atoms with Crippen LogP contribution in [0.3, 0.4) is 0 Å². The highest BCUT2D eigenvalue weighted by Crippen LogP contribution is 2.12. The molecule has 1 aromatic rings. The van der Waals surface area contributed by atoms with Gasteiger partial charge in [0.05, 0.1) is 4.05 Å². The molecule has 1 aromatic carbocycles. The Morgan fingerprint density at radius 3 is 2.45 bits per heavy atom. The number of alkyl halides is 1. The van der Waals surface area contributed by atoms with E-state index in [1.807, 2.05) is 30.3 Å². The number of benzene rings is 1. The van der Waals surface area contributed by atoms with Gasteiger partial charge >= 0.3 is 0 Å². The van der Waals surface area contributed by atoms with Gasteiger partial charge in [-0.1, -0.05) is 40.8 Å². The van der Waals surface area contributed by atoms with E-state index in [2.05, 4.69) is 39.3 Å². The Morgan fingerprint density at radius 2 is 1.85 bits per heavy atom. The van der Waals surface area contributed by atoms with Gasteiger partial charge in [-0.15, -0.1) is 0 Å². The minimum absolute atomic E-state index is 0.354. The summed E-state index contributed by atoms with van der Waals surface area (Å²) in [4.78, 5) is 4.78. The summed E-state index contributed by atoms with van der Waals surface area (Å²) in [5.74, 6) is 0.815. The lowest BCUT2D eigenvalue weighted by Gasteiger charge is -2.36. The van der Waals surface area contributed by atoms with Crippen LogP contribution in [0.1, 0.15) is 6.92 Å². The summed E-state index contributed by atoms with van der Waals surface area (Å²) in [7, 11) is 0. The number of β-amino-alcohol motifs (C(OH)–C–C–N with tert-alkyl or cyclic N) is 1. The third kappa shape index (κ3) is 5.20. The number of aliphatic hydroxyl groups is 1. The SMILES string of the molecule is CC(I)N1CCN(CC(O)COc2ccccc2)CC1. The molecule has 1 aliphatic rings. The summed E-state index contributed by atoms with van der Waals surface area (Å²) >= 11 is 2.45. The minimum atomic E-state index is -0.432. The largest absolute Gasteiger partial charge is 0.491 e. The van der Waals surface area contributed by atoms with Crippen LogP contribution in [0.15, 0.2) is 30.3 Å². The van der Waals surface area contributed by atoms with Crippen LogP contribution < -0.4 is 4.74 Å². The van der Waals surface area contributed by atoms with Crippen LogP contribution in [0.25, 0.3) is 0 Å². The van der Waals surface area contributed by atoms with Crippen molar-refractivity contribution >= 4 is 22.6 Å². The third-order valence-electron chi connectivity index (χ3n) is 3.56. The molecular formula is C15H23IN2O2. The fraction of sp³-hybridized carbons (Fsp3) is 0.600. The maximum atomic E-state index is 10.1. The highest BCUT2D eigenvalue weighted by atomic mass is 127. The van der Waals surface area contributed by atoms with Crippen LogP contribution in [-0.4, -0.2) is 64.4 Å². The average molecular weight is 390 g/mol. The minimum Gasteiger partial charge on any atom is -0.491 e. The van der Waals surface area contributed by atoms with E-state index >= 15 is 0 Å². The summed E-state index contributed by atoms with van der Waals surface area (Å²) < 4.78 is 6.16. The van der Waals surface area contributed by atoms with Gasteiger partial charge in [0.15, 0.2) is 0 Å². The second-order valence-corrected chi connectivity index (χ2v) is 6.99. The highest BCUT2D eigenvalue weighted by Gasteiger charge is 2.21. The Balaban J connectivity index is 1.66. The summed E-state index contributed by atoms with van der Waals surface area (Å²) in [5.41, 5.74) is 0. The van der Waals surface area contributed by atoms with Gasteiger partial charge in [-0.05, 0) is 19.1 Å². The number of halogens is 1. The number of hydrogen-bond donors (Lipinski definition) is 1. The Kier molecular flexibility index (Phi) is 6.54. The van der Waals surface area contributed by atoms with Crippen molar-refractivity contribution in [1.29, 1.82) is 0 Å². The smallest absolute Gasteiger partial charge is 0.119 e. The first-order valence-electron chi connectivity index (χ1n) is 7.11. The van der Waals surface area contributed by atoms with E-state index in [1.165, 1.54) is 0 Å². The Hall–Kier alpha value is -0.370. The molecule has 4 nitrogen and oxygen atoms in total. The molecule has 2 unspecified atom stereocenters. The second-order valence-electron chi connectivity index (χ2n) is 5.19. The van der Waals surface area contributed by atoms with Crippen LogP contribution in [0, 0.1) is 0 Å². The number of ether oxygens (including phenoxy) is 1. The van der Waals surface area contributed by atoms with Crippen LogP contribution in [0.5, 0.6) is 5.75 Å². The zero-order valence-electron chi connectivity index (χ0n) is 11.9. The van der Waals surface area contributed by atoms with Gasteiger partial charge < -0.3 is 9.84 Å². The molecule has 20 heavy (non-hydrogen) atoms. The van der Waals surface area contributed by atoms with Crippen LogP contribution in [0.2, 0.25) is 0 Å². The quantitative estimate of drug-likeness (QED) is 0.457. The summed E-state index contributed by atoms with van der Waals surface area (Å²) in [6, 6.07) is 9.65. The molecule has 1 aliphatic heterocycles. The first-order valence-corrected chi connectivity index (χ1v) is 8.36. The van der Waals surface area contributed by atoms with Crippen molar-refractivity contribution in [1.82, 2.24) is 9.80 Å². The van der Waals surface area contributed by atoms with Gasteiger partial charge in [-0.2, -0.15) is 0 Å². The molecule has 0 saturated carbocycles. The van der Waals surface area contributed by atoms with Gasteiger partial charge in [-0.25, -0.2) is 0 Å². The molecule has 1 N–H and O–H groups in total. The molecule has 2 atom stereocenters. The Labute approximate surface area is 134 Å². The second kappa shape index (κ2) is 8.17. The lowest BCUT2D eigenvalue weighted by Crippen LogP contribution is -2.50. The Bertz CT molecular complexity index is 381. The number of piperazine rings is 1. The third-order valence-corrected chi connectivity index (χ3v) is 4.35. The lowest BCUT2D eigenvalue weighted by atomic mass is 10.2. The molecule has 1 saturated heterocycles. The van der Waals surface area contributed by atoms with Crippen molar-refractivity contribution in [3.8, 4) is 5.75 Å². The first-order chi connectivity index (χ1) is 9.65. The fourth-order valence-corrected chi connectivity index (χ4v) is 2.92. The van der Waals surface area contributed by atoms with Gasteiger partial charge in [0.25, 0.3) is 0 Å². The van der Waals surface area contributed by atoms with Crippen LogP contribution >= 0.6 is 22.6 Å². The van der Waals surface area contributed by atoms with Crippen LogP contribution in [0.4, 0.5) is 0 Å². The highest BCUT2D eigenvalue weighted by molar-refractivity contribution is 14.1. The van der Waals surface area contributed by atoms with Crippen LogP contribution in [-0.2, 0) is 0 Å². The summed E-state index contributed by atoms with van der Waals surface area (Å²) in [6.07, 6.45) is -0.432. The van der Waals surface area contributed by atoms with Gasteiger partial charge in [-0.3, -0.25) is 9.80 Å². The van der Waals surface area contributed by atoms with E-state index < -0.39 is 6.10 Å². The van der Waals surface area contributed by atoms with Gasteiger partial charge in [0.1, 0.15) is 18.5 Å². The summed E-state index contributed by atoms with van der Waals surface area (Å²) in [5, 5.41) is 10.1. The van der Waals surface area contributed by atoms with Gasteiger partial charge in [0, 0.05) is 32.7 Å². The Morgan fingerprint density at radius 1 is 1.20 bits per heavy atom. The van der Waals surface area contributed by atoms with E-state index in [1.54, 1.807) is 0 Å². The molecule has 0 amide bonds. The molecular weight excluding hydrogens is 367 g/mol. The molecule has 0 aromatic heterocycles. The molecule has 0 spiro atoms. The zero-order valence-corrected chi connectivity index (χ0v) is 14.1. The van der Waals surface area contributed by atoms with E-state index in [4.69, 9.17) is 4.74 Å². The predicted octanol–water partition coefficient (Wildman–Crippen LogP) is 1.82. The molecule has 0 aliphatic carbocycles. The molecule has 1 heterocycles. The number of hydrogen-bond acceptors (Lipinski definition) is 4.